The molecule has 5 aromatic rings. The number of rotatable bonds is 7. The second kappa shape index (κ2) is 10.5. The van der Waals surface area contributed by atoms with Crippen LogP contribution in [-0.4, -0.2) is 78.2 Å². The SMILES string of the molecule is CC(C)(O)Cc1cnn(-c2ccc(-c3ccc(-c4nc5nc(O[C@@H]6CO[C@H]7[C@@H]6OC[C@H]7O)[nH]c5cc4Cl)cc3)cc2)c1. The Hall–Kier alpha value is -3.80. The number of H-pyrrole nitrogens is 1. The van der Waals surface area contributed by atoms with E-state index in [4.69, 9.17) is 30.8 Å². The summed E-state index contributed by atoms with van der Waals surface area (Å²) in [6, 6.07) is 18.3. The van der Waals surface area contributed by atoms with E-state index in [1.807, 2.05) is 47.3 Å². The number of imidazole rings is 1. The van der Waals surface area contributed by atoms with E-state index in [2.05, 4.69) is 27.2 Å². The van der Waals surface area contributed by atoms with Crippen molar-refractivity contribution in [3.8, 4) is 34.1 Å². The monoisotopic (exact) mass is 587 g/mol. The molecule has 216 valence electrons. The van der Waals surface area contributed by atoms with E-state index in [-0.39, 0.29) is 24.9 Å². The van der Waals surface area contributed by atoms with E-state index in [9.17, 15) is 10.2 Å². The van der Waals surface area contributed by atoms with Gasteiger partial charge in [0.15, 0.2) is 11.8 Å². The summed E-state index contributed by atoms with van der Waals surface area (Å²) in [4.78, 5) is 12.3. The smallest absolute Gasteiger partial charge is 0.296 e. The van der Waals surface area contributed by atoms with Crippen LogP contribution in [0, 0.1) is 0 Å². The Morgan fingerprint density at radius 1 is 1.00 bits per heavy atom. The first-order valence-corrected chi connectivity index (χ1v) is 14.2. The van der Waals surface area contributed by atoms with Crippen LogP contribution >= 0.6 is 11.6 Å². The number of aromatic amines is 1. The number of aromatic nitrogens is 5. The second-order valence-electron chi connectivity index (χ2n) is 11.5. The van der Waals surface area contributed by atoms with Crippen molar-refractivity contribution in [3.63, 3.8) is 0 Å². The van der Waals surface area contributed by atoms with E-state index in [0.29, 0.717) is 40.9 Å². The van der Waals surface area contributed by atoms with Gasteiger partial charge in [-0.25, -0.2) is 9.67 Å². The van der Waals surface area contributed by atoms with Gasteiger partial charge in [-0.1, -0.05) is 48.0 Å². The van der Waals surface area contributed by atoms with Gasteiger partial charge in [0, 0.05) is 18.2 Å². The Bertz CT molecular complexity index is 1730. The van der Waals surface area contributed by atoms with Crippen molar-refractivity contribution in [1.29, 1.82) is 0 Å². The molecule has 3 N–H and O–H groups in total. The average Bonchev–Trinajstić information content (AvgIpc) is 3.75. The topological polar surface area (TPSA) is 128 Å². The zero-order chi connectivity index (χ0) is 29.0. The lowest BCUT2D eigenvalue weighted by Crippen LogP contribution is -2.34. The number of halogens is 1. The molecule has 3 aromatic heterocycles. The Morgan fingerprint density at radius 2 is 1.69 bits per heavy atom. The molecule has 0 aliphatic carbocycles. The van der Waals surface area contributed by atoms with Gasteiger partial charge in [-0.15, -0.1) is 0 Å². The summed E-state index contributed by atoms with van der Waals surface area (Å²) in [7, 11) is 0. The average molecular weight is 588 g/mol. The molecule has 4 atom stereocenters. The molecule has 0 saturated carbocycles. The maximum Gasteiger partial charge on any atom is 0.296 e. The Labute approximate surface area is 246 Å². The molecule has 2 aliphatic heterocycles. The van der Waals surface area contributed by atoms with Crippen molar-refractivity contribution >= 4 is 22.8 Å². The van der Waals surface area contributed by atoms with E-state index < -0.39 is 11.7 Å². The molecule has 0 unspecified atom stereocenters. The zero-order valence-corrected chi connectivity index (χ0v) is 23.8. The highest BCUT2D eigenvalue weighted by Crippen LogP contribution is 2.33. The molecule has 2 fully saturated rings. The predicted molar refractivity (Wildman–Crippen MR) is 157 cm³/mol. The molecular formula is C31H30ClN5O5. The van der Waals surface area contributed by atoms with Crippen LogP contribution in [0.5, 0.6) is 6.01 Å². The van der Waals surface area contributed by atoms with Crippen LogP contribution in [0.2, 0.25) is 5.02 Å². The number of benzene rings is 2. The molecule has 5 heterocycles. The fourth-order valence-electron chi connectivity index (χ4n) is 5.56. The van der Waals surface area contributed by atoms with Gasteiger partial charge in [-0.3, -0.25) is 0 Å². The zero-order valence-electron chi connectivity index (χ0n) is 23.1. The van der Waals surface area contributed by atoms with Crippen molar-refractivity contribution in [2.24, 2.45) is 0 Å². The van der Waals surface area contributed by atoms with Crippen LogP contribution in [-0.2, 0) is 15.9 Å². The lowest BCUT2D eigenvalue weighted by molar-refractivity contribution is 0.00706. The highest BCUT2D eigenvalue weighted by molar-refractivity contribution is 6.33. The van der Waals surface area contributed by atoms with Gasteiger partial charge in [-0.05, 0) is 48.7 Å². The summed E-state index contributed by atoms with van der Waals surface area (Å²) < 4.78 is 19.1. The third kappa shape index (κ3) is 5.28. The van der Waals surface area contributed by atoms with Crippen LogP contribution in [0.4, 0.5) is 0 Å². The maximum atomic E-state index is 10.1. The molecule has 2 aromatic carbocycles. The number of nitrogens with one attached hydrogen (secondary N) is 1. The van der Waals surface area contributed by atoms with Gasteiger partial charge >= 0.3 is 0 Å². The molecule has 0 spiro atoms. The first kappa shape index (κ1) is 27.1. The fourth-order valence-corrected chi connectivity index (χ4v) is 5.82. The minimum atomic E-state index is -0.781. The van der Waals surface area contributed by atoms with Crippen molar-refractivity contribution < 1.29 is 24.4 Å². The van der Waals surface area contributed by atoms with Gasteiger partial charge < -0.3 is 29.4 Å². The number of hydrogen-bond acceptors (Lipinski definition) is 8. The van der Waals surface area contributed by atoms with Crippen LogP contribution in [0.1, 0.15) is 19.4 Å². The van der Waals surface area contributed by atoms with Crippen LogP contribution in [0.15, 0.2) is 67.0 Å². The maximum absolute atomic E-state index is 10.1. The first-order valence-electron chi connectivity index (χ1n) is 13.8. The lowest BCUT2D eigenvalue weighted by Gasteiger charge is -2.15. The van der Waals surface area contributed by atoms with Gasteiger partial charge in [0.05, 0.1) is 46.9 Å². The predicted octanol–water partition coefficient (Wildman–Crippen LogP) is 4.35. The van der Waals surface area contributed by atoms with Crippen molar-refractivity contribution in [2.45, 2.75) is 50.3 Å². The largest absolute Gasteiger partial charge is 0.456 e. The minimum Gasteiger partial charge on any atom is -0.456 e. The number of aliphatic hydroxyl groups is 2. The molecule has 10 nitrogen and oxygen atoms in total. The van der Waals surface area contributed by atoms with Crippen molar-refractivity contribution in [2.75, 3.05) is 13.2 Å². The van der Waals surface area contributed by atoms with Crippen molar-refractivity contribution in [1.82, 2.24) is 24.7 Å². The van der Waals surface area contributed by atoms with E-state index in [1.54, 1.807) is 26.1 Å². The third-order valence-corrected chi connectivity index (χ3v) is 7.83. The Balaban J connectivity index is 1.07. The van der Waals surface area contributed by atoms with Gasteiger partial charge in [0.25, 0.3) is 6.01 Å². The van der Waals surface area contributed by atoms with E-state index in [0.717, 1.165) is 27.9 Å². The standard InChI is InChI=1S/C31H30ClN5O5/c1-31(2,39)12-17-13-33-37(14-17)21-9-7-19(8-10-21)18-3-5-20(6-4-18)26-22(32)11-23-29(35-26)36-30(34-23)42-25-16-41-27-24(38)15-40-28(25)27/h3-11,13-14,24-25,27-28,38-39H,12,15-16H2,1-2H3,(H,34,35,36)/t24-,25-,27-,28-/m1/s1. The minimum absolute atomic E-state index is 0.233. The number of ether oxygens (including phenoxy) is 3. The number of nitrogens with zero attached hydrogens (tertiary/aromatic N) is 4. The van der Waals surface area contributed by atoms with Crippen LogP contribution < -0.4 is 4.74 Å². The van der Waals surface area contributed by atoms with Crippen LogP contribution in [0.25, 0.3) is 39.2 Å². The Morgan fingerprint density at radius 3 is 2.43 bits per heavy atom. The fraction of sp³-hybridized carbons (Fsp3) is 0.323. The summed E-state index contributed by atoms with van der Waals surface area (Å²) in [6.45, 7) is 4.12. The van der Waals surface area contributed by atoms with Crippen LogP contribution in [0.3, 0.4) is 0 Å². The van der Waals surface area contributed by atoms with Gasteiger partial charge in [-0.2, -0.15) is 10.1 Å². The Kier molecular flexibility index (Phi) is 6.75. The molecule has 7 rings (SSSR count). The van der Waals surface area contributed by atoms with E-state index in [1.165, 1.54) is 0 Å². The first-order chi connectivity index (χ1) is 20.2. The number of pyridine rings is 1. The van der Waals surface area contributed by atoms with E-state index >= 15 is 0 Å². The molecule has 2 aliphatic rings. The lowest BCUT2D eigenvalue weighted by atomic mass is 10.0. The molecule has 42 heavy (non-hydrogen) atoms. The second-order valence-corrected chi connectivity index (χ2v) is 11.9. The van der Waals surface area contributed by atoms with Gasteiger partial charge in [0.1, 0.15) is 18.3 Å². The molecule has 2 saturated heterocycles. The molecule has 11 heteroatoms. The number of hydrogen-bond donors (Lipinski definition) is 3. The highest BCUT2D eigenvalue weighted by atomic mass is 35.5. The summed E-state index contributed by atoms with van der Waals surface area (Å²) in [5, 5.41) is 25.0. The summed E-state index contributed by atoms with van der Waals surface area (Å²) >= 11 is 6.63. The summed E-state index contributed by atoms with van der Waals surface area (Å²) in [6.07, 6.45) is 2.53. The van der Waals surface area contributed by atoms with Gasteiger partial charge in [0.2, 0.25) is 0 Å². The quantitative estimate of drug-likeness (QED) is 0.256. The van der Waals surface area contributed by atoms with Crippen molar-refractivity contribution in [3.05, 3.63) is 77.6 Å². The highest BCUT2D eigenvalue weighted by Gasteiger charge is 2.48. The summed E-state index contributed by atoms with van der Waals surface area (Å²) in [5.41, 5.74) is 5.88. The number of aliphatic hydroxyl groups excluding tert-OH is 1. The molecular weight excluding hydrogens is 558 g/mol. The third-order valence-electron chi connectivity index (χ3n) is 7.55. The summed E-state index contributed by atoms with van der Waals surface area (Å²) in [5.74, 6) is 0. The molecule has 0 bridgehead atoms. The normalized spacial score (nSPS) is 22.1. The molecule has 0 radical (unpaired) electrons. The molecule has 0 amide bonds. The number of fused-ring (bicyclic) bond motifs is 2.